The summed E-state index contributed by atoms with van der Waals surface area (Å²) in [6, 6.07) is 6.77. The Labute approximate surface area is 163 Å². The first kappa shape index (κ1) is 20.6. The molecule has 28 heavy (non-hydrogen) atoms. The molecule has 2 rings (SSSR count). The van der Waals surface area contributed by atoms with Crippen molar-refractivity contribution in [2.45, 2.75) is 13.8 Å². The number of carbonyl (C=O) groups excluding carboxylic acids is 2. The van der Waals surface area contributed by atoms with E-state index < -0.39 is 0 Å². The van der Waals surface area contributed by atoms with Crippen molar-refractivity contribution in [1.29, 1.82) is 0 Å². The number of rotatable bonds is 9. The Balaban J connectivity index is 1.89. The number of nitrogens with one attached hydrogen (secondary N) is 2. The fraction of sp³-hybridized carbons (Fsp3) is 0.200. The van der Waals surface area contributed by atoms with Gasteiger partial charge in [0.05, 0.1) is 13.2 Å². The van der Waals surface area contributed by atoms with E-state index in [0.29, 0.717) is 36.3 Å². The van der Waals surface area contributed by atoms with Gasteiger partial charge in [0, 0.05) is 24.5 Å². The van der Waals surface area contributed by atoms with Gasteiger partial charge in [0.2, 0.25) is 23.6 Å². The maximum atomic E-state index is 12.0. The minimum atomic E-state index is -0.370. The minimum absolute atomic E-state index is 0.350. The number of hydrogen-bond donors (Lipinski definition) is 2. The molecular weight excluding hydrogens is 360 g/mol. The number of hydrogen-bond acceptors (Lipinski definition) is 6. The predicted molar refractivity (Wildman–Crippen MR) is 106 cm³/mol. The number of nitrogens with zero attached hydrogens (tertiary/aromatic N) is 2. The summed E-state index contributed by atoms with van der Waals surface area (Å²) >= 11 is 0. The molecule has 2 aromatic heterocycles. The standard InChI is InChI=1S/C20H22N4O4/c1-3-27-19-15(9-7-13-21-19)23-17(25)11-5-6-12-18(26)24-16-10-8-14-22-20(16)28-4-2/h5-14H,3-4H2,1-2H3,(H,23,25)(H,24,26). The highest BCUT2D eigenvalue weighted by Crippen LogP contribution is 2.21. The Bertz CT molecular complexity index is 793. The summed E-state index contributed by atoms with van der Waals surface area (Å²) < 4.78 is 10.7. The van der Waals surface area contributed by atoms with E-state index in [0.717, 1.165) is 0 Å². The fourth-order valence-corrected chi connectivity index (χ4v) is 2.11. The van der Waals surface area contributed by atoms with Crippen LogP contribution >= 0.6 is 0 Å². The van der Waals surface area contributed by atoms with E-state index in [1.165, 1.54) is 24.3 Å². The van der Waals surface area contributed by atoms with Gasteiger partial charge in [-0.1, -0.05) is 12.2 Å². The third kappa shape index (κ3) is 6.56. The van der Waals surface area contributed by atoms with Crippen LogP contribution < -0.4 is 20.1 Å². The normalized spacial score (nSPS) is 10.8. The average Bonchev–Trinajstić information content (AvgIpc) is 2.69. The zero-order valence-electron chi connectivity index (χ0n) is 15.7. The van der Waals surface area contributed by atoms with Crippen LogP contribution in [0, 0.1) is 0 Å². The number of aromatic nitrogens is 2. The van der Waals surface area contributed by atoms with Crippen LogP contribution in [-0.4, -0.2) is 35.0 Å². The van der Waals surface area contributed by atoms with Crippen molar-refractivity contribution in [2.75, 3.05) is 23.8 Å². The van der Waals surface area contributed by atoms with Crippen LogP contribution in [0.5, 0.6) is 11.8 Å². The van der Waals surface area contributed by atoms with Crippen LogP contribution in [0.15, 0.2) is 61.0 Å². The summed E-state index contributed by atoms with van der Waals surface area (Å²) in [5.41, 5.74) is 0.946. The number of carbonyl (C=O) groups is 2. The number of ether oxygens (including phenoxy) is 2. The molecule has 0 spiro atoms. The van der Waals surface area contributed by atoms with Crippen molar-refractivity contribution in [2.24, 2.45) is 0 Å². The second kappa shape index (κ2) is 11.1. The van der Waals surface area contributed by atoms with Crippen LogP contribution in [0.3, 0.4) is 0 Å². The molecule has 0 aliphatic heterocycles. The van der Waals surface area contributed by atoms with Gasteiger partial charge in [0.15, 0.2) is 0 Å². The Morgan fingerprint density at radius 1 is 0.857 bits per heavy atom. The van der Waals surface area contributed by atoms with E-state index in [1.807, 2.05) is 13.8 Å². The van der Waals surface area contributed by atoms with Gasteiger partial charge in [-0.15, -0.1) is 0 Å². The van der Waals surface area contributed by atoms with Gasteiger partial charge >= 0.3 is 0 Å². The highest BCUT2D eigenvalue weighted by molar-refractivity contribution is 6.01. The fourth-order valence-electron chi connectivity index (χ4n) is 2.11. The van der Waals surface area contributed by atoms with Gasteiger partial charge in [-0.3, -0.25) is 9.59 Å². The SMILES string of the molecule is CCOc1ncccc1NC(=O)C=CC=CC(=O)Nc1cccnc1OCC. The molecule has 2 N–H and O–H groups in total. The zero-order valence-corrected chi connectivity index (χ0v) is 15.7. The highest BCUT2D eigenvalue weighted by atomic mass is 16.5. The Morgan fingerprint density at radius 3 is 1.68 bits per heavy atom. The molecule has 0 aliphatic carbocycles. The Kier molecular flexibility index (Phi) is 8.19. The van der Waals surface area contributed by atoms with E-state index in [4.69, 9.17) is 9.47 Å². The number of amides is 2. The molecule has 8 nitrogen and oxygen atoms in total. The summed E-state index contributed by atoms with van der Waals surface area (Å²) in [6.45, 7) is 4.54. The summed E-state index contributed by atoms with van der Waals surface area (Å²) in [6.07, 6.45) is 8.66. The topological polar surface area (TPSA) is 102 Å². The summed E-state index contributed by atoms with van der Waals surface area (Å²) in [4.78, 5) is 32.1. The van der Waals surface area contributed by atoms with Gasteiger partial charge in [0.25, 0.3) is 0 Å². The van der Waals surface area contributed by atoms with Crippen LogP contribution in [-0.2, 0) is 9.59 Å². The number of allylic oxidation sites excluding steroid dienone is 2. The molecule has 0 atom stereocenters. The Hall–Kier alpha value is -3.68. The third-order valence-corrected chi connectivity index (χ3v) is 3.23. The molecular formula is C20H22N4O4. The number of anilines is 2. The summed E-state index contributed by atoms with van der Waals surface area (Å²) in [5, 5.41) is 5.34. The van der Waals surface area contributed by atoms with Crippen LogP contribution in [0.4, 0.5) is 11.4 Å². The van der Waals surface area contributed by atoms with Gasteiger partial charge in [-0.2, -0.15) is 0 Å². The molecule has 0 aromatic carbocycles. The van der Waals surface area contributed by atoms with Gasteiger partial charge in [0.1, 0.15) is 11.4 Å². The van der Waals surface area contributed by atoms with E-state index in [2.05, 4.69) is 20.6 Å². The molecule has 0 aliphatic rings. The van der Waals surface area contributed by atoms with E-state index in [-0.39, 0.29) is 11.8 Å². The predicted octanol–water partition coefficient (Wildman–Crippen LogP) is 2.96. The lowest BCUT2D eigenvalue weighted by Crippen LogP contribution is -2.10. The van der Waals surface area contributed by atoms with Crippen LogP contribution in [0.2, 0.25) is 0 Å². The summed E-state index contributed by atoms with van der Waals surface area (Å²) in [7, 11) is 0. The van der Waals surface area contributed by atoms with Gasteiger partial charge in [-0.25, -0.2) is 9.97 Å². The zero-order chi connectivity index (χ0) is 20.2. The first-order valence-corrected chi connectivity index (χ1v) is 8.76. The number of pyridine rings is 2. The lowest BCUT2D eigenvalue weighted by molar-refractivity contribution is -0.112. The molecule has 146 valence electrons. The van der Waals surface area contributed by atoms with Crippen molar-refractivity contribution in [3.05, 3.63) is 61.0 Å². The van der Waals surface area contributed by atoms with Gasteiger partial charge in [-0.05, 0) is 38.1 Å². The molecule has 0 saturated heterocycles. The van der Waals surface area contributed by atoms with Gasteiger partial charge < -0.3 is 20.1 Å². The second-order valence-electron chi connectivity index (χ2n) is 5.27. The van der Waals surface area contributed by atoms with Crippen LogP contribution in [0.25, 0.3) is 0 Å². The quantitative estimate of drug-likeness (QED) is 0.511. The van der Waals surface area contributed by atoms with Crippen molar-refractivity contribution < 1.29 is 19.1 Å². The second-order valence-corrected chi connectivity index (χ2v) is 5.27. The van der Waals surface area contributed by atoms with E-state index >= 15 is 0 Å². The highest BCUT2D eigenvalue weighted by Gasteiger charge is 2.07. The molecule has 2 heterocycles. The maximum Gasteiger partial charge on any atom is 0.248 e. The first-order valence-electron chi connectivity index (χ1n) is 8.76. The third-order valence-electron chi connectivity index (χ3n) is 3.23. The minimum Gasteiger partial charge on any atom is -0.476 e. The van der Waals surface area contributed by atoms with Crippen molar-refractivity contribution in [1.82, 2.24) is 9.97 Å². The molecule has 0 fully saturated rings. The van der Waals surface area contributed by atoms with Crippen molar-refractivity contribution in [3.8, 4) is 11.8 Å². The average molecular weight is 382 g/mol. The Morgan fingerprint density at radius 2 is 1.29 bits per heavy atom. The molecule has 0 radical (unpaired) electrons. The molecule has 2 aromatic rings. The lowest BCUT2D eigenvalue weighted by Gasteiger charge is -2.08. The van der Waals surface area contributed by atoms with E-state index in [1.54, 1.807) is 36.7 Å². The molecule has 0 unspecified atom stereocenters. The monoisotopic (exact) mass is 382 g/mol. The first-order chi connectivity index (χ1) is 13.6. The lowest BCUT2D eigenvalue weighted by atomic mass is 10.3. The largest absolute Gasteiger partial charge is 0.476 e. The maximum absolute atomic E-state index is 12.0. The van der Waals surface area contributed by atoms with E-state index in [9.17, 15) is 9.59 Å². The van der Waals surface area contributed by atoms with Crippen molar-refractivity contribution >= 4 is 23.2 Å². The molecule has 2 amide bonds. The molecule has 0 saturated carbocycles. The van der Waals surface area contributed by atoms with Crippen molar-refractivity contribution in [3.63, 3.8) is 0 Å². The van der Waals surface area contributed by atoms with Crippen LogP contribution in [0.1, 0.15) is 13.8 Å². The smallest absolute Gasteiger partial charge is 0.248 e. The summed E-state index contributed by atoms with van der Waals surface area (Å²) in [5.74, 6) is -0.0405. The molecule has 8 heteroatoms. The molecule has 0 bridgehead atoms.